The molecule has 1 fully saturated rings. The van der Waals surface area contributed by atoms with Gasteiger partial charge in [-0.1, -0.05) is 30.3 Å². The van der Waals surface area contributed by atoms with Crippen molar-refractivity contribution >= 4 is 17.6 Å². The van der Waals surface area contributed by atoms with E-state index in [1.807, 2.05) is 50.2 Å². The molecule has 8 nitrogen and oxygen atoms in total. The molecule has 1 aromatic heterocycles. The molecule has 2 aromatic rings. The second kappa shape index (κ2) is 12.4. The summed E-state index contributed by atoms with van der Waals surface area (Å²) in [5.74, 6) is 0.763. The number of likely N-dealkylation sites (tertiary alicyclic amines) is 1. The maximum Gasteiger partial charge on any atom is 0.239 e. The fourth-order valence-electron chi connectivity index (χ4n) is 3.81. The van der Waals surface area contributed by atoms with Gasteiger partial charge in [0.1, 0.15) is 5.82 Å². The number of nitrogens with one attached hydrogen (secondary N) is 2. The number of carbonyl (C=O) groups excluding carboxylic acids is 2. The molecule has 32 heavy (non-hydrogen) atoms. The highest BCUT2D eigenvalue weighted by Crippen LogP contribution is 2.17. The van der Waals surface area contributed by atoms with Crippen LogP contribution in [0.5, 0.6) is 0 Å². The van der Waals surface area contributed by atoms with E-state index in [-0.39, 0.29) is 23.8 Å². The highest BCUT2D eigenvalue weighted by Gasteiger charge is 2.25. The van der Waals surface area contributed by atoms with Crippen LogP contribution in [0.15, 0.2) is 42.6 Å². The average molecular weight is 442 g/mol. The predicted molar refractivity (Wildman–Crippen MR) is 124 cm³/mol. The van der Waals surface area contributed by atoms with E-state index in [0.717, 1.165) is 37.9 Å². The Hall–Kier alpha value is -2.71. The molecule has 0 spiro atoms. The zero-order valence-corrected chi connectivity index (χ0v) is 19.1. The standard InChI is InChI=1S/C24H35N5O3/c1-19(2)32-16-6-12-25-24(31)21-10-14-28(15-11-21)18-23(30)27-22-9-13-26-29(22)17-20-7-4-3-5-8-20/h3-5,7-9,13,19,21H,6,10-12,14-18H2,1-2H3,(H,25,31)(H,27,30). The second-order valence-corrected chi connectivity index (χ2v) is 8.52. The van der Waals surface area contributed by atoms with Gasteiger partial charge in [-0.3, -0.25) is 14.5 Å². The van der Waals surface area contributed by atoms with Crippen molar-refractivity contribution in [2.75, 3.05) is 38.1 Å². The van der Waals surface area contributed by atoms with Crippen molar-refractivity contribution in [3.8, 4) is 0 Å². The highest BCUT2D eigenvalue weighted by molar-refractivity contribution is 5.91. The van der Waals surface area contributed by atoms with Crippen LogP contribution in [0.25, 0.3) is 0 Å². The molecule has 1 aliphatic rings. The number of nitrogens with zero attached hydrogens (tertiary/aromatic N) is 3. The molecule has 0 radical (unpaired) electrons. The van der Waals surface area contributed by atoms with Crippen LogP contribution in [0, 0.1) is 5.92 Å². The van der Waals surface area contributed by atoms with E-state index < -0.39 is 0 Å². The van der Waals surface area contributed by atoms with Crippen LogP contribution in [0.1, 0.15) is 38.7 Å². The summed E-state index contributed by atoms with van der Waals surface area (Å²) in [5, 5.41) is 10.3. The minimum Gasteiger partial charge on any atom is -0.379 e. The summed E-state index contributed by atoms with van der Waals surface area (Å²) < 4.78 is 7.28. The number of hydrogen-bond acceptors (Lipinski definition) is 5. The van der Waals surface area contributed by atoms with Gasteiger partial charge >= 0.3 is 0 Å². The van der Waals surface area contributed by atoms with Gasteiger partial charge in [0.25, 0.3) is 0 Å². The fourth-order valence-corrected chi connectivity index (χ4v) is 3.81. The van der Waals surface area contributed by atoms with Crippen molar-refractivity contribution in [2.45, 2.75) is 45.8 Å². The van der Waals surface area contributed by atoms with Crippen molar-refractivity contribution in [1.82, 2.24) is 20.0 Å². The van der Waals surface area contributed by atoms with Gasteiger partial charge in [-0.2, -0.15) is 5.10 Å². The number of aromatic nitrogens is 2. The van der Waals surface area contributed by atoms with E-state index in [2.05, 4.69) is 20.6 Å². The van der Waals surface area contributed by atoms with Gasteiger partial charge in [-0.05, 0) is 51.8 Å². The molecular formula is C24H35N5O3. The second-order valence-electron chi connectivity index (χ2n) is 8.52. The fraction of sp³-hybridized carbons (Fsp3) is 0.542. The van der Waals surface area contributed by atoms with Crippen molar-refractivity contribution in [1.29, 1.82) is 0 Å². The zero-order valence-electron chi connectivity index (χ0n) is 19.1. The third kappa shape index (κ3) is 7.76. The summed E-state index contributed by atoms with van der Waals surface area (Å²) in [6.07, 6.45) is 4.28. The molecular weight excluding hydrogens is 406 g/mol. The third-order valence-corrected chi connectivity index (χ3v) is 5.56. The van der Waals surface area contributed by atoms with Crippen LogP contribution in [0.4, 0.5) is 5.82 Å². The first-order valence-electron chi connectivity index (χ1n) is 11.5. The lowest BCUT2D eigenvalue weighted by Crippen LogP contribution is -2.43. The Bertz CT molecular complexity index is 844. The molecule has 0 bridgehead atoms. The van der Waals surface area contributed by atoms with E-state index in [1.54, 1.807) is 10.9 Å². The normalized spacial score (nSPS) is 15.1. The smallest absolute Gasteiger partial charge is 0.239 e. The van der Waals surface area contributed by atoms with Gasteiger partial charge < -0.3 is 15.4 Å². The molecule has 2 amide bonds. The molecule has 1 aliphatic heterocycles. The Kier molecular flexibility index (Phi) is 9.25. The van der Waals surface area contributed by atoms with Crippen LogP contribution in [0.3, 0.4) is 0 Å². The van der Waals surface area contributed by atoms with Crippen LogP contribution in [0.2, 0.25) is 0 Å². The Balaban J connectivity index is 1.36. The van der Waals surface area contributed by atoms with E-state index >= 15 is 0 Å². The minimum atomic E-state index is -0.0622. The van der Waals surface area contributed by atoms with E-state index in [9.17, 15) is 9.59 Å². The lowest BCUT2D eigenvalue weighted by atomic mass is 9.96. The first kappa shape index (κ1) is 23.9. The first-order chi connectivity index (χ1) is 15.5. The molecule has 0 saturated carbocycles. The number of rotatable bonds is 11. The van der Waals surface area contributed by atoms with E-state index in [0.29, 0.717) is 32.1 Å². The number of ether oxygens (including phenoxy) is 1. The molecule has 0 aliphatic carbocycles. The molecule has 0 atom stereocenters. The van der Waals surface area contributed by atoms with Crippen molar-refractivity contribution in [3.63, 3.8) is 0 Å². The van der Waals surface area contributed by atoms with Gasteiger partial charge in [0, 0.05) is 25.1 Å². The summed E-state index contributed by atoms with van der Waals surface area (Å²) >= 11 is 0. The monoisotopic (exact) mass is 441 g/mol. The zero-order chi connectivity index (χ0) is 22.8. The Morgan fingerprint density at radius 2 is 1.91 bits per heavy atom. The summed E-state index contributed by atoms with van der Waals surface area (Å²) in [5.41, 5.74) is 1.12. The topological polar surface area (TPSA) is 88.5 Å². The number of hydrogen-bond donors (Lipinski definition) is 2. The molecule has 174 valence electrons. The number of carbonyl (C=O) groups is 2. The molecule has 3 rings (SSSR count). The lowest BCUT2D eigenvalue weighted by molar-refractivity contribution is -0.126. The average Bonchev–Trinajstić information content (AvgIpc) is 3.20. The maximum atomic E-state index is 12.6. The molecule has 2 heterocycles. The van der Waals surface area contributed by atoms with Crippen molar-refractivity contribution in [2.24, 2.45) is 5.92 Å². The summed E-state index contributed by atoms with van der Waals surface area (Å²) in [4.78, 5) is 27.0. The SMILES string of the molecule is CC(C)OCCCNC(=O)C1CCN(CC(=O)Nc2ccnn2Cc2ccccc2)CC1. The Labute approximate surface area is 190 Å². The minimum absolute atomic E-state index is 0.0210. The summed E-state index contributed by atoms with van der Waals surface area (Å²) in [6, 6.07) is 11.8. The number of benzene rings is 1. The number of amides is 2. The maximum absolute atomic E-state index is 12.6. The Morgan fingerprint density at radius 1 is 1.16 bits per heavy atom. The third-order valence-electron chi connectivity index (χ3n) is 5.56. The van der Waals surface area contributed by atoms with Crippen molar-refractivity contribution < 1.29 is 14.3 Å². The highest BCUT2D eigenvalue weighted by atomic mass is 16.5. The first-order valence-corrected chi connectivity index (χ1v) is 11.5. The van der Waals surface area contributed by atoms with Gasteiger partial charge in [0.15, 0.2) is 0 Å². The largest absolute Gasteiger partial charge is 0.379 e. The van der Waals surface area contributed by atoms with Crippen LogP contribution < -0.4 is 10.6 Å². The molecule has 1 saturated heterocycles. The van der Waals surface area contributed by atoms with E-state index in [1.165, 1.54) is 0 Å². The van der Waals surface area contributed by atoms with Gasteiger partial charge in [-0.15, -0.1) is 0 Å². The number of piperidine rings is 1. The van der Waals surface area contributed by atoms with Gasteiger partial charge in [0.2, 0.25) is 11.8 Å². The van der Waals surface area contributed by atoms with Crippen LogP contribution in [-0.4, -0.2) is 65.4 Å². The lowest BCUT2D eigenvalue weighted by Gasteiger charge is -2.30. The predicted octanol–water partition coefficient (Wildman–Crippen LogP) is 2.51. The van der Waals surface area contributed by atoms with Crippen molar-refractivity contribution in [3.05, 3.63) is 48.2 Å². The number of anilines is 1. The summed E-state index contributed by atoms with van der Waals surface area (Å²) in [7, 11) is 0. The molecule has 8 heteroatoms. The van der Waals surface area contributed by atoms with E-state index in [4.69, 9.17) is 4.74 Å². The Morgan fingerprint density at radius 3 is 2.62 bits per heavy atom. The molecule has 0 unspecified atom stereocenters. The van der Waals surface area contributed by atoms with Gasteiger partial charge in [-0.25, -0.2) is 4.68 Å². The van der Waals surface area contributed by atoms with Crippen LogP contribution >= 0.6 is 0 Å². The summed E-state index contributed by atoms with van der Waals surface area (Å²) in [6.45, 7) is 7.72. The van der Waals surface area contributed by atoms with Gasteiger partial charge in [0.05, 0.1) is 25.4 Å². The quantitative estimate of drug-likeness (QED) is 0.523. The molecule has 2 N–H and O–H groups in total. The molecule has 1 aromatic carbocycles. The van der Waals surface area contributed by atoms with Crippen LogP contribution in [-0.2, 0) is 20.9 Å².